The summed E-state index contributed by atoms with van der Waals surface area (Å²) in [5.41, 5.74) is 1.85. The number of rotatable bonds is 2. The zero-order chi connectivity index (χ0) is 10.8. The van der Waals surface area contributed by atoms with Crippen LogP contribution in [0.3, 0.4) is 0 Å². The van der Waals surface area contributed by atoms with E-state index in [1.165, 1.54) is 6.33 Å². The van der Waals surface area contributed by atoms with Gasteiger partial charge < -0.3 is 4.74 Å². The van der Waals surface area contributed by atoms with Crippen LogP contribution < -0.4 is 4.74 Å². The van der Waals surface area contributed by atoms with Crippen molar-refractivity contribution in [2.45, 2.75) is 6.92 Å². The van der Waals surface area contributed by atoms with Gasteiger partial charge in [0.1, 0.15) is 24.1 Å². The Labute approximate surface area is 92.5 Å². The molecule has 5 heteroatoms. The molecule has 0 atom stereocenters. The summed E-state index contributed by atoms with van der Waals surface area (Å²) in [6.07, 6.45) is 3.10. The van der Waals surface area contributed by atoms with Gasteiger partial charge in [-0.2, -0.15) is 5.10 Å². The number of halogens is 1. The second-order valence-corrected chi connectivity index (χ2v) is 3.55. The average molecular weight is 224 g/mol. The van der Waals surface area contributed by atoms with Gasteiger partial charge in [-0.3, -0.25) is 0 Å². The van der Waals surface area contributed by atoms with Crippen LogP contribution in [0, 0.1) is 6.92 Å². The lowest BCUT2D eigenvalue weighted by atomic mass is 10.2. The van der Waals surface area contributed by atoms with Crippen LogP contribution in [0.5, 0.6) is 5.75 Å². The number of aromatic nitrogens is 3. The third-order valence-electron chi connectivity index (χ3n) is 2.10. The summed E-state index contributed by atoms with van der Waals surface area (Å²) in [5.74, 6) is 0.686. The molecule has 15 heavy (non-hydrogen) atoms. The fourth-order valence-electron chi connectivity index (χ4n) is 1.48. The number of ether oxygens (including phenoxy) is 1. The van der Waals surface area contributed by atoms with Crippen molar-refractivity contribution in [1.29, 1.82) is 0 Å². The van der Waals surface area contributed by atoms with E-state index in [1.54, 1.807) is 24.2 Å². The second-order valence-electron chi connectivity index (χ2n) is 3.11. The van der Waals surface area contributed by atoms with E-state index in [2.05, 4.69) is 10.1 Å². The van der Waals surface area contributed by atoms with Gasteiger partial charge in [0.05, 0.1) is 7.11 Å². The van der Waals surface area contributed by atoms with Crippen LogP contribution in [0.4, 0.5) is 0 Å². The van der Waals surface area contributed by atoms with Gasteiger partial charge >= 0.3 is 0 Å². The van der Waals surface area contributed by atoms with Crippen LogP contribution in [-0.4, -0.2) is 21.9 Å². The Hall–Kier alpha value is -1.55. The molecule has 0 bridgehead atoms. The summed E-state index contributed by atoms with van der Waals surface area (Å²) in [5, 5.41) is 4.71. The summed E-state index contributed by atoms with van der Waals surface area (Å²) in [6, 6.07) is 3.62. The molecule has 78 valence electrons. The van der Waals surface area contributed by atoms with E-state index in [9.17, 15) is 0 Å². The van der Waals surface area contributed by atoms with Crippen molar-refractivity contribution >= 4 is 11.6 Å². The largest absolute Gasteiger partial charge is 0.494 e. The zero-order valence-electron chi connectivity index (χ0n) is 8.44. The molecule has 2 aromatic rings. The summed E-state index contributed by atoms with van der Waals surface area (Å²) in [7, 11) is 1.60. The highest BCUT2D eigenvalue weighted by atomic mass is 35.5. The standard InChI is InChI=1S/C10H10ClN3O/c1-7-3-8(11)4-9(15-2)10(7)14-6-12-5-13-14/h3-6H,1-2H3. The molecule has 0 saturated heterocycles. The van der Waals surface area contributed by atoms with Crippen molar-refractivity contribution < 1.29 is 4.74 Å². The highest BCUT2D eigenvalue weighted by molar-refractivity contribution is 6.30. The summed E-state index contributed by atoms with van der Waals surface area (Å²) in [6.45, 7) is 1.95. The first-order valence-electron chi connectivity index (χ1n) is 4.41. The predicted molar refractivity (Wildman–Crippen MR) is 57.7 cm³/mol. The highest BCUT2D eigenvalue weighted by Crippen LogP contribution is 2.29. The zero-order valence-corrected chi connectivity index (χ0v) is 9.19. The van der Waals surface area contributed by atoms with Gasteiger partial charge in [-0.15, -0.1) is 0 Å². The summed E-state index contributed by atoms with van der Waals surface area (Å²) < 4.78 is 6.91. The van der Waals surface area contributed by atoms with E-state index in [-0.39, 0.29) is 0 Å². The lowest BCUT2D eigenvalue weighted by Gasteiger charge is -2.11. The van der Waals surface area contributed by atoms with Gasteiger partial charge in [-0.1, -0.05) is 11.6 Å². The maximum Gasteiger partial charge on any atom is 0.146 e. The quantitative estimate of drug-likeness (QED) is 0.784. The SMILES string of the molecule is COc1cc(Cl)cc(C)c1-n1cncn1. The van der Waals surface area contributed by atoms with Crippen molar-refractivity contribution in [2.75, 3.05) is 7.11 Å². The highest BCUT2D eigenvalue weighted by Gasteiger charge is 2.10. The van der Waals surface area contributed by atoms with Crippen molar-refractivity contribution in [3.63, 3.8) is 0 Å². The third kappa shape index (κ3) is 1.80. The fourth-order valence-corrected chi connectivity index (χ4v) is 1.74. The summed E-state index contributed by atoms with van der Waals surface area (Å²) >= 11 is 5.94. The monoisotopic (exact) mass is 223 g/mol. The van der Waals surface area contributed by atoms with Crippen LogP contribution >= 0.6 is 11.6 Å². The van der Waals surface area contributed by atoms with Crippen LogP contribution in [0.25, 0.3) is 5.69 Å². The van der Waals surface area contributed by atoms with Crippen molar-refractivity contribution in [2.24, 2.45) is 0 Å². The first kappa shape index (κ1) is 9.98. The topological polar surface area (TPSA) is 39.9 Å². The molecule has 0 aliphatic rings. The molecular formula is C10H10ClN3O. The molecule has 0 spiro atoms. The van der Waals surface area contributed by atoms with Gasteiger partial charge in [-0.25, -0.2) is 9.67 Å². The van der Waals surface area contributed by atoms with Crippen molar-refractivity contribution in [3.05, 3.63) is 35.4 Å². The van der Waals surface area contributed by atoms with Crippen LogP contribution in [0.2, 0.25) is 5.02 Å². The number of benzene rings is 1. The van der Waals surface area contributed by atoms with E-state index in [4.69, 9.17) is 16.3 Å². The molecule has 4 nitrogen and oxygen atoms in total. The third-order valence-corrected chi connectivity index (χ3v) is 2.32. The minimum Gasteiger partial charge on any atom is -0.494 e. The Bertz CT molecular complexity index is 468. The van der Waals surface area contributed by atoms with Gasteiger partial charge in [0.25, 0.3) is 0 Å². The van der Waals surface area contributed by atoms with Crippen molar-refractivity contribution in [3.8, 4) is 11.4 Å². The number of hydrogen-bond acceptors (Lipinski definition) is 3. The van der Waals surface area contributed by atoms with Crippen LogP contribution in [0.1, 0.15) is 5.56 Å². The normalized spacial score (nSPS) is 10.3. The Balaban J connectivity index is 2.64. The van der Waals surface area contributed by atoms with Crippen LogP contribution in [-0.2, 0) is 0 Å². The molecule has 0 fully saturated rings. The molecule has 2 rings (SSSR count). The van der Waals surface area contributed by atoms with Gasteiger partial charge in [0.15, 0.2) is 0 Å². The molecule has 0 radical (unpaired) electrons. The maximum absolute atomic E-state index is 5.94. The van der Waals surface area contributed by atoms with E-state index in [0.29, 0.717) is 10.8 Å². The Morgan fingerprint density at radius 2 is 2.20 bits per heavy atom. The van der Waals surface area contributed by atoms with Crippen LogP contribution in [0.15, 0.2) is 24.8 Å². The first-order chi connectivity index (χ1) is 7.22. The summed E-state index contributed by atoms with van der Waals surface area (Å²) in [4.78, 5) is 3.90. The Morgan fingerprint density at radius 3 is 2.80 bits per heavy atom. The van der Waals surface area contributed by atoms with Gasteiger partial charge in [0.2, 0.25) is 0 Å². The predicted octanol–water partition coefficient (Wildman–Crippen LogP) is 2.24. The second kappa shape index (κ2) is 3.90. The number of aryl methyl sites for hydroxylation is 1. The first-order valence-corrected chi connectivity index (χ1v) is 4.79. The molecule has 0 amide bonds. The molecule has 0 N–H and O–H groups in total. The number of methoxy groups -OCH3 is 1. The number of hydrogen-bond donors (Lipinski definition) is 0. The van der Waals surface area contributed by atoms with E-state index < -0.39 is 0 Å². The fraction of sp³-hybridized carbons (Fsp3) is 0.200. The van der Waals surface area contributed by atoms with E-state index in [0.717, 1.165) is 11.3 Å². The average Bonchev–Trinajstić information content (AvgIpc) is 2.69. The Morgan fingerprint density at radius 1 is 1.40 bits per heavy atom. The van der Waals surface area contributed by atoms with Gasteiger partial charge in [-0.05, 0) is 18.6 Å². The van der Waals surface area contributed by atoms with Crippen molar-refractivity contribution in [1.82, 2.24) is 14.8 Å². The molecular weight excluding hydrogens is 214 g/mol. The van der Waals surface area contributed by atoms with E-state index in [1.807, 2.05) is 13.0 Å². The molecule has 0 aliphatic heterocycles. The molecule has 1 aromatic carbocycles. The Kier molecular flexibility index (Phi) is 2.60. The minimum absolute atomic E-state index is 0.646. The minimum atomic E-state index is 0.646. The lowest BCUT2D eigenvalue weighted by Crippen LogP contribution is -2.01. The number of nitrogens with zero attached hydrogens (tertiary/aromatic N) is 3. The smallest absolute Gasteiger partial charge is 0.146 e. The molecule has 1 heterocycles. The molecule has 0 saturated carbocycles. The van der Waals surface area contributed by atoms with Gasteiger partial charge in [0, 0.05) is 11.1 Å². The molecule has 0 unspecified atom stereocenters. The molecule has 0 aliphatic carbocycles. The molecule has 1 aromatic heterocycles. The maximum atomic E-state index is 5.94. The lowest BCUT2D eigenvalue weighted by molar-refractivity contribution is 0.411. The van der Waals surface area contributed by atoms with E-state index >= 15 is 0 Å².